The minimum Gasteiger partial charge on any atom is -0.341 e. The van der Waals surface area contributed by atoms with Gasteiger partial charge in [0.25, 0.3) is 0 Å². The highest BCUT2D eigenvalue weighted by atomic mass is 16.2. The van der Waals surface area contributed by atoms with Gasteiger partial charge in [0, 0.05) is 25.6 Å². The molecular weight excluding hydrogens is 178 g/mol. The van der Waals surface area contributed by atoms with Crippen LogP contribution in [-0.2, 0) is 4.79 Å². The maximum atomic E-state index is 11.8. The number of hydrogen-bond acceptors (Lipinski definition) is 3. The maximum absolute atomic E-state index is 11.8. The Hall–Kier alpha value is -0.610. The van der Waals surface area contributed by atoms with Crippen molar-refractivity contribution in [1.29, 1.82) is 0 Å². The summed E-state index contributed by atoms with van der Waals surface area (Å²) < 4.78 is 0. The second-order valence-electron chi connectivity index (χ2n) is 4.45. The molecule has 4 heteroatoms. The van der Waals surface area contributed by atoms with E-state index in [1.807, 2.05) is 4.90 Å². The molecule has 0 aromatic heterocycles. The number of likely N-dealkylation sites (tertiary alicyclic amines) is 1. The van der Waals surface area contributed by atoms with Crippen LogP contribution in [0, 0.1) is 5.92 Å². The number of carbonyl (C=O) groups is 1. The van der Waals surface area contributed by atoms with Gasteiger partial charge in [-0.05, 0) is 31.8 Å². The van der Waals surface area contributed by atoms with E-state index in [0.29, 0.717) is 18.2 Å². The average molecular weight is 197 g/mol. The smallest absolute Gasteiger partial charge is 0.222 e. The number of nitrogens with one attached hydrogen (secondary N) is 1. The molecule has 2 aliphatic rings. The number of carbonyl (C=O) groups excluding carboxylic acids is 1. The Morgan fingerprint density at radius 2 is 2.36 bits per heavy atom. The Labute approximate surface area is 84.8 Å². The third-order valence-corrected chi connectivity index (χ3v) is 3.20. The van der Waals surface area contributed by atoms with Crippen molar-refractivity contribution in [3.05, 3.63) is 0 Å². The van der Waals surface area contributed by atoms with E-state index in [9.17, 15) is 4.79 Å². The third-order valence-electron chi connectivity index (χ3n) is 3.20. The normalized spacial score (nSPS) is 32.5. The van der Waals surface area contributed by atoms with Crippen LogP contribution in [0.1, 0.15) is 19.3 Å². The monoisotopic (exact) mass is 197 g/mol. The maximum Gasteiger partial charge on any atom is 0.222 e. The summed E-state index contributed by atoms with van der Waals surface area (Å²) in [6.45, 7) is 3.70. The third kappa shape index (κ3) is 2.25. The van der Waals surface area contributed by atoms with E-state index in [-0.39, 0.29) is 6.04 Å². The fourth-order valence-electron chi connectivity index (χ4n) is 2.28. The van der Waals surface area contributed by atoms with Crippen LogP contribution < -0.4 is 11.1 Å². The molecule has 2 rings (SSSR count). The van der Waals surface area contributed by atoms with E-state index in [2.05, 4.69) is 5.32 Å². The summed E-state index contributed by atoms with van der Waals surface area (Å²) in [7, 11) is 0. The van der Waals surface area contributed by atoms with Crippen LogP contribution in [0.5, 0.6) is 0 Å². The Morgan fingerprint density at radius 3 is 2.93 bits per heavy atom. The van der Waals surface area contributed by atoms with E-state index in [1.54, 1.807) is 0 Å². The first-order valence-electron chi connectivity index (χ1n) is 5.50. The molecule has 2 unspecified atom stereocenters. The predicted molar refractivity (Wildman–Crippen MR) is 54.8 cm³/mol. The molecule has 4 nitrogen and oxygen atoms in total. The highest BCUT2D eigenvalue weighted by molar-refractivity contribution is 5.76. The second kappa shape index (κ2) is 4.28. The molecule has 14 heavy (non-hydrogen) atoms. The van der Waals surface area contributed by atoms with Crippen LogP contribution in [0.25, 0.3) is 0 Å². The molecule has 3 N–H and O–H groups in total. The van der Waals surface area contributed by atoms with Crippen molar-refractivity contribution in [2.75, 3.05) is 26.2 Å². The molecule has 0 aliphatic carbocycles. The molecule has 2 saturated heterocycles. The first-order valence-corrected chi connectivity index (χ1v) is 5.50. The molecule has 0 spiro atoms. The summed E-state index contributed by atoms with van der Waals surface area (Å²) in [5.41, 5.74) is 5.76. The molecular formula is C10H19N3O. The molecule has 0 bridgehead atoms. The fraction of sp³-hybridized carbons (Fsp3) is 0.900. The molecule has 0 aromatic rings. The van der Waals surface area contributed by atoms with E-state index in [4.69, 9.17) is 5.73 Å². The Morgan fingerprint density at radius 1 is 1.50 bits per heavy atom. The summed E-state index contributed by atoms with van der Waals surface area (Å²) in [4.78, 5) is 13.7. The number of nitrogens with zero attached hydrogens (tertiary/aromatic N) is 1. The first-order chi connectivity index (χ1) is 6.75. The van der Waals surface area contributed by atoms with Crippen LogP contribution in [0.2, 0.25) is 0 Å². The minimum atomic E-state index is 0.209. The van der Waals surface area contributed by atoms with E-state index in [1.165, 1.54) is 0 Å². The van der Waals surface area contributed by atoms with Gasteiger partial charge in [0.15, 0.2) is 0 Å². The zero-order valence-electron chi connectivity index (χ0n) is 8.54. The van der Waals surface area contributed by atoms with Crippen LogP contribution >= 0.6 is 0 Å². The van der Waals surface area contributed by atoms with Crippen molar-refractivity contribution >= 4 is 5.91 Å². The highest BCUT2D eigenvalue weighted by Crippen LogP contribution is 2.16. The molecule has 0 aromatic carbocycles. The quantitative estimate of drug-likeness (QED) is 0.630. The number of nitrogens with two attached hydrogens (primary N) is 1. The van der Waals surface area contributed by atoms with Gasteiger partial charge in [0.05, 0.1) is 0 Å². The van der Waals surface area contributed by atoms with Crippen LogP contribution in [0.4, 0.5) is 0 Å². The molecule has 0 radical (unpaired) electrons. The molecule has 1 amide bonds. The van der Waals surface area contributed by atoms with Crippen molar-refractivity contribution in [3.8, 4) is 0 Å². The van der Waals surface area contributed by atoms with Gasteiger partial charge < -0.3 is 16.0 Å². The number of hydrogen-bond donors (Lipinski definition) is 2. The lowest BCUT2D eigenvalue weighted by atomic mass is 10.0. The van der Waals surface area contributed by atoms with Crippen molar-refractivity contribution in [2.45, 2.75) is 25.3 Å². The van der Waals surface area contributed by atoms with Gasteiger partial charge in [-0.1, -0.05) is 0 Å². The standard InChI is InChI=1S/C10H19N3O/c11-9-2-4-13(7-9)10(14)5-8-1-3-12-6-8/h8-9,12H,1-7,11H2. The summed E-state index contributed by atoms with van der Waals surface area (Å²) in [5.74, 6) is 0.853. The fourth-order valence-corrected chi connectivity index (χ4v) is 2.28. The lowest BCUT2D eigenvalue weighted by molar-refractivity contribution is -0.131. The molecule has 80 valence electrons. The largest absolute Gasteiger partial charge is 0.341 e. The topological polar surface area (TPSA) is 58.4 Å². The SMILES string of the molecule is NC1CCN(C(=O)CC2CCNC2)C1. The minimum absolute atomic E-state index is 0.209. The van der Waals surface area contributed by atoms with E-state index >= 15 is 0 Å². The van der Waals surface area contributed by atoms with Gasteiger partial charge in [-0.3, -0.25) is 4.79 Å². The van der Waals surface area contributed by atoms with Gasteiger partial charge in [0.1, 0.15) is 0 Å². The highest BCUT2D eigenvalue weighted by Gasteiger charge is 2.26. The Kier molecular flexibility index (Phi) is 3.03. The second-order valence-corrected chi connectivity index (χ2v) is 4.45. The van der Waals surface area contributed by atoms with Crippen LogP contribution in [-0.4, -0.2) is 43.0 Å². The summed E-state index contributed by atoms with van der Waals surface area (Å²) in [5, 5.41) is 3.28. The summed E-state index contributed by atoms with van der Waals surface area (Å²) in [6.07, 6.45) is 2.82. The van der Waals surface area contributed by atoms with Crippen LogP contribution in [0.3, 0.4) is 0 Å². The Bertz CT molecular complexity index is 213. The van der Waals surface area contributed by atoms with Crippen molar-refractivity contribution in [2.24, 2.45) is 11.7 Å². The van der Waals surface area contributed by atoms with E-state index in [0.717, 1.165) is 39.0 Å². The van der Waals surface area contributed by atoms with Crippen LogP contribution in [0.15, 0.2) is 0 Å². The van der Waals surface area contributed by atoms with Crippen molar-refractivity contribution in [1.82, 2.24) is 10.2 Å². The van der Waals surface area contributed by atoms with E-state index < -0.39 is 0 Å². The molecule has 2 atom stereocenters. The zero-order chi connectivity index (χ0) is 9.97. The van der Waals surface area contributed by atoms with Crippen molar-refractivity contribution < 1.29 is 4.79 Å². The van der Waals surface area contributed by atoms with Gasteiger partial charge in [-0.2, -0.15) is 0 Å². The average Bonchev–Trinajstić information content (AvgIpc) is 2.75. The number of amides is 1. The van der Waals surface area contributed by atoms with Gasteiger partial charge in [0.2, 0.25) is 5.91 Å². The van der Waals surface area contributed by atoms with Gasteiger partial charge in [-0.25, -0.2) is 0 Å². The molecule has 0 saturated carbocycles. The van der Waals surface area contributed by atoms with Crippen molar-refractivity contribution in [3.63, 3.8) is 0 Å². The molecule has 2 heterocycles. The first kappa shape index (κ1) is 9.93. The Balaban J connectivity index is 1.77. The molecule has 2 fully saturated rings. The lowest BCUT2D eigenvalue weighted by Crippen LogP contribution is -2.33. The molecule has 2 aliphatic heterocycles. The summed E-state index contributed by atoms with van der Waals surface area (Å²) >= 11 is 0. The predicted octanol–water partition coefficient (Wildman–Crippen LogP) is -0.454. The number of rotatable bonds is 2. The van der Waals surface area contributed by atoms with Gasteiger partial charge in [-0.15, -0.1) is 0 Å². The summed E-state index contributed by atoms with van der Waals surface area (Å²) in [6, 6.07) is 0.209. The lowest BCUT2D eigenvalue weighted by Gasteiger charge is -2.17. The van der Waals surface area contributed by atoms with Gasteiger partial charge >= 0.3 is 0 Å². The zero-order valence-corrected chi connectivity index (χ0v) is 8.54.